The molecule has 2 fully saturated rings. The Labute approximate surface area is 167 Å². The Morgan fingerprint density at radius 1 is 0.852 bits per heavy atom. The van der Waals surface area contributed by atoms with Crippen LogP contribution in [0.15, 0.2) is 36.4 Å². The molecular formula is C27H38. The predicted molar refractivity (Wildman–Crippen MR) is 118 cm³/mol. The molecule has 0 heteroatoms. The van der Waals surface area contributed by atoms with E-state index in [2.05, 4.69) is 62.1 Å². The van der Waals surface area contributed by atoms with Crippen LogP contribution in [0.2, 0.25) is 0 Å². The summed E-state index contributed by atoms with van der Waals surface area (Å²) in [5, 5.41) is 0. The van der Waals surface area contributed by atoms with Gasteiger partial charge in [-0.25, -0.2) is 0 Å². The Balaban J connectivity index is 1.40. The molecule has 2 aliphatic rings. The highest BCUT2D eigenvalue weighted by atomic mass is 14.3. The third-order valence-electron chi connectivity index (χ3n) is 7.11. The van der Waals surface area contributed by atoms with Crippen molar-refractivity contribution in [3.8, 4) is 11.8 Å². The van der Waals surface area contributed by atoms with E-state index >= 15 is 0 Å². The van der Waals surface area contributed by atoms with E-state index in [0.717, 1.165) is 35.7 Å². The second-order valence-corrected chi connectivity index (χ2v) is 8.94. The third kappa shape index (κ3) is 6.27. The highest BCUT2D eigenvalue weighted by molar-refractivity contribution is 5.38. The molecule has 0 aliphatic heterocycles. The number of hydrogen-bond donors (Lipinski definition) is 0. The first kappa shape index (κ1) is 20.3. The Morgan fingerprint density at radius 3 is 2.07 bits per heavy atom. The average molecular weight is 363 g/mol. The zero-order chi connectivity index (χ0) is 18.9. The SMILES string of the molecule is CCCc1ccc(C#C/C=C/C2CCC(C3CCC(CC)CC3)CC2)cc1. The smallest absolute Gasteiger partial charge is 0.0249 e. The summed E-state index contributed by atoms with van der Waals surface area (Å²) < 4.78 is 0. The van der Waals surface area contributed by atoms with Crippen LogP contribution in [0.3, 0.4) is 0 Å². The first-order valence-corrected chi connectivity index (χ1v) is 11.6. The molecule has 0 N–H and O–H groups in total. The van der Waals surface area contributed by atoms with Gasteiger partial charge in [0.1, 0.15) is 0 Å². The zero-order valence-electron chi connectivity index (χ0n) is 17.6. The van der Waals surface area contributed by atoms with Gasteiger partial charge in [0, 0.05) is 5.56 Å². The molecule has 2 aliphatic carbocycles. The summed E-state index contributed by atoms with van der Waals surface area (Å²) in [7, 11) is 0. The molecule has 146 valence electrons. The lowest BCUT2D eigenvalue weighted by molar-refractivity contribution is 0.154. The zero-order valence-corrected chi connectivity index (χ0v) is 17.6. The van der Waals surface area contributed by atoms with Gasteiger partial charge >= 0.3 is 0 Å². The molecule has 0 saturated heterocycles. The van der Waals surface area contributed by atoms with Gasteiger partial charge in [0.05, 0.1) is 0 Å². The van der Waals surface area contributed by atoms with Crippen LogP contribution in [0.4, 0.5) is 0 Å². The van der Waals surface area contributed by atoms with Gasteiger partial charge in [-0.05, 0) is 92.4 Å². The molecule has 0 radical (unpaired) electrons. The van der Waals surface area contributed by atoms with E-state index in [1.807, 2.05) is 0 Å². The van der Waals surface area contributed by atoms with Crippen molar-refractivity contribution in [2.45, 2.75) is 84.5 Å². The normalized spacial score (nSPS) is 28.7. The van der Waals surface area contributed by atoms with Crippen molar-refractivity contribution >= 4 is 0 Å². The quantitative estimate of drug-likeness (QED) is 0.474. The monoisotopic (exact) mass is 362 g/mol. The molecule has 0 spiro atoms. The number of rotatable bonds is 5. The Hall–Kier alpha value is -1.48. The fourth-order valence-electron chi connectivity index (χ4n) is 5.23. The minimum Gasteiger partial charge on any atom is -0.0730 e. The van der Waals surface area contributed by atoms with Crippen LogP contribution < -0.4 is 0 Å². The predicted octanol–water partition coefficient (Wildman–Crippen LogP) is 7.57. The molecule has 0 atom stereocenters. The molecule has 0 heterocycles. The fourth-order valence-corrected chi connectivity index (χ4v) is 5.23. The third-order valence-corrected chi connectivity index (χ3v) is 7.11. The van der Waals surface area contributed by atoms with Crippen LogP contribution >= 0.6 is 0 Å². The molecule has 1 aromatic carbocycles. The molecule has 0 nitrogen and oxygen atoms in total. The van der Waals surface area contributed by atoms with Gasteiger partial charge in [-0.15, -0.1) is 0 Å². The van der Waals surface area contributed by atoms with Crippen molar-refractivity contribution in [2.75, 3.05) is 0 Å². The standard InChI is InChI=1S/C27H38/c1-3-7-23-10-12-24(13-11-23)8-5-6-9-25-16-20-27(21-17-25)26-18-14-22(4-2)15-19-26/h6,9-13,22,25-27H,3-4,7,14-21H2,1-2H3/b9-6+. The fraction of sp³-hybridized carbons (Fsp3) is 0.630. The van der Waals surface area contributed by atoms with E-state index in [4.69, 9.17) is 0 Å². The molecule has 0 bridgehead atoms. The first-order valence-electron chi connectivity index (χ1n) is 11.6. The number of allylic oxidation sites excluding steroid dienone is 2. The van der Waals surface area contributed by atoms with Crippen LogP contribution in [0.25, 0.3) is 0 Å². The topological polar surface area (TPSA) is 0 Å². The molecule has 0 aromatic heterocycles. The van der Waals surface area contributed by atoms with E-state index in [1.54, 1.807) is 0 Å². The largest absolute Gasteiger partial charge is 0.0730 e. The van der Waals surface area contributed by atoms with Crippen molar-refractivity contribution < 1.29 is 0 Å². The van der Waals surface area contributed by atoms with Crippen molar-refractivity contribution in [3.05, 3.63) is 47.5 Å². The Bertz CT molecular complexity index is 623. The Kier molecular flexibility index (Phi) is 8.07. The average Bonchev–Trinajstić information content (AvgIpc) is 2.73. The van der Waals surface area contributed by atoms with Crippen LogP contribution in [0, 0.1) is 35.5 Å². The highest BCUT2D eigenvalue weighted by Crippen LogP contribution is 2.42. The van der Waals surface area contributed by atoms with E-state index < -0.39 is 0 Å². The van der Waals surface area contributed by atoms with Crippen molar-refractivity contribution in [2.24, 2.45) is 23.7 Å². The van der Waals surface area contributed by atoms with Gasteiger partial charge in [-0.3, -0.25) is 0 Å². The van der Waals surface area contributed by atoms with Gasteiger partial charge in [0.2, 0.25) is 0 Å². The molecule has 0 amide bonds. The van der Waals surface area contributed by atoms with Crippen molar-refractivity contribution in [1.29, 1.82) is 0 Å². The van der Waals surface area contributed by atoms with Crippen LogP contribution in [-0.2, 0) is 6.42 Å². The lowest BCUT2D eigenvalue weighted by atomic mass is 9.69. The number of benzene rings is 1. The van der Waals surface area contributed by atoms with E-state index in [-0.39, 0.29) is 0 Å². The van der Waals surface area contributed by atoms with Gasteiger partial charge in [0.15, 0.2) is 0 Å². The summed E-state index contributed by atoms with van der Waals surface area (Å²) in [6, 6.07) is 8.74. The van der Waals surface area contributed by atoms with E-state index in [0.29, 0.717) is 0 Å². The van der Waals surface area contributed by atoms with Crippen LogP contribution in [0.5, 0.6) is 0 Å². The molecule has 1 aromatic rings. The maximum Gasteiger partial charge on any atom is 0.0249 e. The van der Waals surface area contributed by atoms with E-state index in [1.165, 1.54) is 69.8 Å². The lowest BCUT2D eigenvalue weighted by Gasteiger charge is -2.37. The van der Waals surface area contributed by atoms with Gasteiger partial charge in [-0.1, -0.05) is 69.6 Å². The highest BCUT2D eigenvalue weighted by Gasteiger charge is 2.29. The molecule has 0 unspecified atom stereocenters. The minimum absolute atomic E-state index is 0.759. The molecule has 2 saturated carbocycles. The van der Waals surface area contributed by atoms with E-state index in [9.17, 15) is 0 Å². The number of aryl methyl sites for hydroxylation is 1. The Morgan fingerprint density at radius 2 is 1.48 bits per heavy atom. The first-order chi connectivity index (χ1) is 13.3. The molecule has 27 heavy (non-hydrogen) atoms. The van der Waals surface area contributed by atoms with Gasteiger partial charge in [-0.2, -0.15) is 0 Å². The van der Waals surface area contributed by atoms with Crippen LogP contribution in [-0.4, -0.2) is 0 Å². The second kappa shape index (κ2) is 10.8. The maximum absolute atomic E-state index is 3.29. The van der Waals surface area contributed by atoms with Gasteiger partial charge < -0.3 is 0 Å². The lowest BCUT2D eigenvalue weighted by Crippen LogP contribution is -2.25. The van der Waals surface area contributed by atoms with Gasteiger partial charge in [0.25, 0.3) is 0 Å². The summed E-state index contributed by atoms with van der Waals surface area (Å²) in [6.07, 6.45) is 19.9. The number of hydrogen-bond acceptors (Lipinski definition) is 0. The summed E-state index contributed by atoms with van der Waals surface area (Å²) >= 11 is 0. The summed E-state index contributed by atoms with van der Waals surface area (Å²) in [5.41, 5.74) is 2.55. The molecular weight excluding hydrogens is 324 g/mol. The van der Waals surface area contributed by atoms with Crippen molar-refractivity contribution in [1.82, 2.24) is 0 Å². The summed E-state index contributed by atoms with van der Waals surface area (Å²) in [5.74, 6) is 10.4. The maximum atomic E-state index is 3.29. The second-order valence-electron chi connectivity index (χ2n) is 8.94. The van der Waals surface area contributed by atoms with Crippen molar-refractivity contribution in [3.63, 3.8) is 0 Å². The summed E-state index contributed by atoms with van der Waals surface area (Å²) in [4.78, 5) is 0. The molecule has 3 rings (SSSR count). The van der Waals surface area contributed by atoms with Crippen LogP contribution in [0.1, 0.15) is 89.2 Å². The minimum atomic E-state index is 0.759. The summed E-state index contributed by atoms with van der Waals surface area (Å²) in [6.45, 7) is 4.59.